The van der Waals surface area contributed by atoms with Gasteiger partial charge in [-0.3, -0.25) is 4.79 Å². The molecule has 0 saturated carbocycles. The zero-order chi connectivity index (χ0) is 22.4. The SMILES string of the molecule is CCn1c(SCC(=O)Nc2cc(OC)ccc2OC)nnc1-c1cccc(N(C)C)c1. The number of rotatable bonds is 9. The van der Waals surface area contributed by atoms with Crippen LogP contribution in [0.1, 0.15) is 6.92 Å². The predicted octanol–water partition coefficient (Wildman–Crippen LogP) is 3.78. The first-order chi connectivity index (χ1) is 15.0. The van der Waals surface area contributed by atoms with Crippen LogP contribution in [0.15, 0.2) is 47.6 Å². The minimum Gasteiger partial charge on any atom is -0.497 e. The second kappa shape index (κ2) is 10.2. The molecule has 0 atom stereocenters. The average Bonchev–Trinajstić information content (AvgIpc) is 3.20. The Morgan fingerprint density at radius 3 is 2.61 bits per heavy atom. The Kier molecular flexibility index (Phi) is 7.41. The second-order valence-electron chi connectivity index (χ2n) is 6.90. The minimum absolute atomic E-state index is 0.168. The fourth-order valence-electron chi connectivity index (χ4n) is 3.05. The first-order valence-electron chi connectivity index (χ1n) is 9.82. The van der Waals surface area contributed by atoms with Crippen molar-refractivity contribution in [3.8, 4) is 22.9 Å². The Labute approximate surface area is 186 Å². The van der Waals surface area contributed by atoms with Crippen molar-refractivity contribution in [1.29, 1.82) is 0 Å². The van der Waals surface area contributed by atoms with Crippen molar-refractivity contribution in [3.05, 3.63) is 42.5 Å². The number of carbonyl (C=O) groups is 1. The van der Waals surface area contributed by atoms with Crippen LogP contribution in [0.5, 0.6) is 11.5 Å². The van der Waals surface area contributed by atoms with E-state index in [4.69, 9.17) is 9.47 Å². The lowest BCUT2D eigenvalue weighted by atomic mass is 10.2. The maximum Gasteiger partial charge on any atom is 0.234 e. The van der Waals surface area contributed by atoms with E-state index in [1.54, 1.807) is 32.4 Å². The smallest absolute Gasteiger partial charge is 0.234 e. The molecule has 164 valence electrons. The van der Waals surface area contributed by atoms with Crippen molar-refractivity contribution in [3.63, 3.8) is 0 Å². The van der Waals surface area contributed by atoms with E-state index in [9.17, 15) is 4.79 Å². The van der Waals surface area contributed by atoms with E-state index in [1.165, 1.54) is 11.8 Å². The summed E-state index contributed by atoms with van der Waals surface area (Å²) in [6.07, 6.45) is 0. The number of amides is 1. The molecule has 3 aromatic rings. The van der Waals surface area contributed by atoms with Gasteiger partial charge in [0.05, 0.1) is 25.7 Å². The molecular weight excluding hydrogens is 414 g/mol. The molecule has 0 unspecified atom stereocenters. The number of hydrogen-bond donors (Lipinski definition) is 1. The van der Waals surface area contributed by atoms with Gasteiger partial charge in [0.15, 0.2) is 11.0 Å². The molecule has 0 radical (unpaired) electrons. The van der Waals surface area contributed by atoms with Crippen molar-refractivity contribution in [2.24, 2.45) is 0 Å². The zero-order valence-corrected chi connectivity index (χ0v) is 19.2. The predicted molar refractivity (Wildman–Crippen MR) is 124 cm³/mol. The molecule has 31 heavy (non-hydrogen) atoms. The molecule has 0 aliphatic heterocycles. The molecule has 1 N–H and O–H groups in total. The van der Waals surface area contributed by atoms with Crippen LogP contribution in [0.3, 0.4) is 0 Å². The summed E-state index contributed by atoms with van der Waals surface area (Å²) in [6, 6.07) is 13.4. The van der Waals surface area contributed by atoms with Crippen LogP contribution in [-0.4, -0.2) is 54.7 Å². The lowest BCUT2D eigenvalue weighted by Gasteiger charge is -2.14. The van der Waals surface area contributed by atoms with Gasteiger partial charge < -0.3 is 24.3 Å². The molecule has 0 fully saturated rings. The van der Waals surface area contributed by atoms with Crippen LogP contribution in [0, 0.1) is 0 Å². The first-order valence-corrected chi connectivity index (χ1v) is 10.8. The summed E-state index contributed by atoms with van der Waals surface area (Å²) < 4.78 is 12.6. The Morgan fingerprint density at radius 1 is 1.13 bits per heavy atom. The molecule has 1 amide bonds. The Hall–Kier alpha value is -3.20. The van der Waals surface area contributed by atoms with Crippen molar-refractivity contribution in [2.75, 3.05) is 44.3 Å². The normalized spacial score (nSPS) is 10.6. The molecule has 9 heteroatoms. The Bertz CT molecular complexity index is 1050. The van der Waals surface area contributed by atoms with Gasteiger partial charge in [0, 0.05) is 38.0 Å². The third-order valence-corrected chi connectivity index (χ3v) is 5.63. The van der Waals surface area contributed by atoms with Crippen molar-refractivity contribution < 1.29 is 14.3 Å². The summed E-state index contributed by atoms with van der Waals surface area (Å²) in [4.78, 5) is 14.6. The van der Waals surface area contributed by atoms with E-state index >= 15 is 0 Å². The van der Waals surface area contributed by atoms with Gasteiger partial charge in [-0.25, -0.2) is 0 Å². The van der Waals surface area contributed by atoms with Gasteiger partial charge in [0.2, 0.25) is 5.91 Å². The lowest BCUT2D eigenvalue weighted by Crippen LogP contribution is -2.15. The standard InChI is InChI=1S/C22H27N5O3S/c1-6-27-21(15-8-7-9-16(12-15)26(2)3)24-25-22(27)31-14-20(28)23-18-13-17(29-4)10-11-19(18)30-5/h7-13H,6,14H2,1-5H3,(H,23,28). The first kappa shape index (κ1) is 22.5. The molecule has 0 spiro atoms. The van der Waals surface area contributed by atoms with Gasteiger partial charge in [-0.2, -0.15) is 0 Å². The fraction of sp³-hybridized carbons (Fsp3) is 0.318. The number of aromatic nitrogens is 3. The summed E-state index contributed by atoms with van der Waals surface area (Å²) in [5.74, 6) is 2.01. The summed E-state index contributed by atoms with van der Waals surface area (Å²) >= 11 is 1.34. The number of nitrogens with one attached hydrogen (secondary N) is 1. The highest BCUT2D eigenvalue weighted by Gasteiger charge is 2.16. The monoisotopic (exact) mass is 441 g/mol. The molecule has 0 bridgehead atoms. The van der Waals surface area contributed by atoms with Gasteiger partial charge in [-0.05, 0) is 31.2 Å². The number of ether oxygens (including phenoxy) is 2. The van der Waals surface area contributed by atoms with Crippen LogP contribution in [0.25, 0.3) is 11.4 Å². The van der Waals surface area contributed by atoms with Gasteiger partial charge in [-0.1, -0.05) is 23.9 Å². The average molecular weight is 442 g/mol. The van der Waals surface area contributed by atoms with E-state index < -0.39 is 0 Å². The largest absolute Gasteiger partial charge is 0.497 e. The molecular formula is C22H27N5O3S. The summed E-state index contributed by atoms with van der Waals surface area (Å²) in [5, 5.41) is 12.3. The Balaban J connectivity index is 1.73. The number of carbonyl (C=O) groups excluding carboxylic acids is 1. The summed E-state index contributed by atoms with van der Waals surface area (Å²) in [6.45, 7) is 2.73. The molecule has 1 heterocycles. The van der Waals surface area contributed by atoms with Crippen LogP contribution in [0.4, 0.5) is 11.4 Å². The van der Waals surface area contributed by atoms with E-state index in [2.05, 4.69) is 21.6 Å². The molecule has 1 aromatic heterocycles. The number of hydrogen-bond acceptors (Lipinski definition) is 7. The highest BCUT2D eigenvalue weighted by atomic mass is 32.2. The Morgan fingerprint density at radius 2 is 1.94 bits per heavy atom. The number of methoxy groups -OCH3 is 2. The zero-order valence-electron chi connectivity index (χ0n) is 18.4. The highest BCUT2D eigenvalue weighted by Crippen LogP contribution is 2.30. The molecule has 0 aliphatic rings. The number of anilines is 2. The fourth-order valence-corrected chi connectivity index (χ4v) is 3.85. The van der Waals surface area contributed by atoms with E-state index in [0.717, 1.165) is 17.1 Å². The third-order valence-electron chi connectivity index (χ3n) is 4.67. The van der Waals surface area contributed by atoms with Crippen molar-refractivity contribution >= 4 is 29.0 Å². The maximum absolute atomic E-state index is 12.6. The lowest BCUT2D eigenvalue weighted by molar-refractivity contribution is -0.113. The number of thioether (sulfide) groups is 1. The second-order valence-corrected chi connectivity index (χ2v) is 7.84. The van der Waals surface area contributed by atoms with Crippen molar-refractivity contribution in [1.82, 2.24) is 14.8 Å². The summed E-state index contributed by atoms with van der Waals surface area (Å²) in [7, 11) is 7.14. The van der Waals surface area contributed by atoms with Crippen LogP contribution in [-0.2, 0) is 11.3 Å². The van der Waals surface area contributed by atoms with Gasteiger partial charge in [-0.15, -0.1) is 10.2 Å². The van der Waals surface area contributed by atoms with Crippen LogP contribution in [0.2, 0.25) is 0 Å². The van der Waals surface area contributed by atoms with Crippen LogP contribution >= 0.6 is 11.8 Å². The van der Waals surface area contributed by atoms with E-state index in [0.29, 0.717) is 28.9 Å². The molecule has 2 aromatic carbocycles. The highest BCUT2D eigenvalue weighted by molar-refractivity contribution is 7.99. The number of nitrogens with zero attached hydrogens (tertiary/aromatic N) is 4. The number of benzene rings is 2. The van der Waals surface area contributed by atoms with Gasteiger partial charge in [0.25, 0.3) is 0 Å². The molecule has 0 saturated heterocycles. The maximum atomic E-state index is 12.6. The summed E-state index contributed by atoms with van der Waals surface area (Å²) in [5.41, 5.74) is 2.63. The van der Waals surface area contributed by atoms with E-state index in [1.807, 2.05) is 48.7 Å². The van der Waals surface area contributed by atoms with Crippen LogP contribution < -0.4 is 19.7 Å². The van der Waals surface area contributed by atoms with E-state index in [-0.39, 0.29) is 11.7 Å². The molecule has 3 rings (SSSR count). The van der Waals surface area contributed by atoms with Gasteiger partial charge in [0.1, 0.15) is 11.5 Å². The topological polar surface area (TPSA) is 81.5 Å². The van der Waals surface area contributed by atoms with Gasteiger partial charge >= 0.3 is 0 Å². The molecule has 8 nitrogen and oxygen atoms in total. The quantitative estimate of drug-likeness (QED) is 0.506. The third kappa shape index (κ3) is 5.29. The van der Waals surface area contributed by atoms with Crippen molar-refractivity contribution in [2.45, 2.75) is 18.6 Å². The molecule has 0 aliphatic carbocycles. The minimum atomic E-state index is -0.168.